The second kappa shape index (κ2) is 9.28. The number of carbonyl (C=O) groups is 1. The van der Waals surface area contributed by atoms with Crippen molar-refractivity contribution in [2.45, 2.75) is 51.9 Å². The Morgan fingerprint density at radius 1 is 1.17 bits per heavy atom. The fraction of sp³-hybridized carbons (Fsp3) is 0.444. The highest BCUT2D eigenvalue weighted by molar-refractivity contribution is 5.92. The molecule has 1 aliphatic heterocycles. The first-order valence-electron chi connectivity index (χ1n) is 12.2. The maximum Gasteiger partial charge on any atom is 0.233 e. The topological polar surface area (TPSA) is 89.9 Å². The molecule has 3 heterocycles. The number of nitrogens with one attached hydrogen (secondary N) is 1. The van der Waals surface area contributed by atoms with Gasteiger partial charge in [0.15, 0.2) is 5.82 Å². The van der Waals surface area contributed by atoms with E-state index in [0.717, 1.165) is 24.1 Å². The van der Waals surface area contributed by atoms with Crippen molar-refractivity contribution >= 4 is 11.7 Å². The molecule has 1 amide bonds. The largest absolute Gasteiger partial charge is 0.380 e. The van der Waals surface area contributed by atoms with Crippen LogP contribution < -0.4 is 5.32 Å². The highest BCUT2D eigenvalue weighted by Crippen LogP contribution is 2.48. The Morgan fingerprint density at radius 2 is 1.92 bits per heavy atom. The van der Waals surface area contributed by atoms with Crippen LogP contribution >= 0.6 is 0 Å². The maximum absolute atomic E-state index is 14.5. The van der Waals surface area contributed by atoms with Crippen molar-refractivity contribution in [2.24, 2.45) is 11.3 Å². The quantitative estimate of drug-likeness (QED) is 0.546. The number of amides is 1. The van der Waals surface area contributed by atoms with E-state index in [1.54, 1.807) is 12.3 Å². The van der Waals surface area contributed by atoms with E-state index in [4.69, 9.17) is 9.72 Å². The van der Waals surface area contributed by atoms with E-state index in [-0.39, 0.29) is 28.5 Å². The van der Waals surface area contributed by atoms with Gasteiger partial charge in [-0.1, -0.05) is 26.8 Å². The summed E-state index contributed by atoms with van der Waals surface area (Å²) in [6.45, 7) is 7.25. The molecule has 1 aliphatic carbocycles. The molecule has 5 rings (SSSR count). The summed E-state index contributed by atoms with van der Waals surface area (Å²) in [4.78, 5) is 21.7. The van der Waals surface area contributed by atoms with Crippen molar-refractivity contribution in [1.29, 1.82) is 0 Å². The lowest BCUT2D eigenvalue weighted by molar-refractivity contribution is -0.133. The molecule has 1 saturated heterocycles. The van der Waals surface area contributed by atoms with Gasteiger partial charge in [-0.3, -0.25) is 9.78 Å². The van der Waals surface area contributed by atoms with E-state index in [9.17, 15) is 13.6 Å². The molecule has 0 bridgehead atoms. The second-order valence-electron chi connectivity index (χ2n) is 10.9. The van der Waals surface area contributed by atoms with Crippen LogP contribution in [-0.4, -0.2) is 39.3 Å². The fourth-order valence-corrected chi connectivity index (χ4v) is 5.28. The van der Waals surface area contributed by atoms with E-state index in [1.165, 1.54) is 24.4 Å². The average molecular weight is 494 g/mol. The van der Waals surface area contributed by atoms with Crippen molar-refractivity contribution in [3.8, 4) is 11.3 Å². The average Bonchev–Trinajstić information content (AvgIpc) is 2.77. The van der Waals surface area contributed by atoms with Gasteiger partial charge in [0.2, 0.25) is 5.91 Å². The Kier molecular flexibility index (Phi) is 6.28. The molecule has 0 saturated carbocycles. The Hall–Kier alpha value is -3.33. The molecule has 0 spiro atoms. The van der Waals surface area contributed by atoms with Gasteiger partial charge in [-0.2, -0.15) is 5.10 Å². The Bertz CT molecular complexity index is 1290. The predicted octanol–water partition coefficient (Wildman–Crippen LogP) is 4.86. The second-order valence-corrected chi connectivity index (χ2v) is 10.9. The number of hydrogen-bond donors (Lipinski definition) is 1. The lowest BCUT2D eigenvalue weighted by Crippen LogP contribution is -2.40. The number of ether oxygens (including phenoxy) is 1. The molecule has 0 unspecified atom stereocenters. The van der Waals surface area contributed by atoms with Gasteiger partial charge < -0.3 is 10.1 Å². The first kappa shape index (κ1) is 24.4. The number of aryl methyl sites for hydroxylation is 1. The minimum absolute atomic E-state index is 0.100. The SMILES string of the molecule is CC(C)(C)C[C@]1(c2cncc(NC(=O)C3COC3)n2)CCCc2cc(-c3c(F)cccc3F)nnc21. The van der Waals surface area contributed by atoms with Gasteiger partial charge in [0.05, 0.1) is 53.4 Å². The van der Waals surface area contributed by atoms with Gasteiger partial charge in [-0.15, -0.1) is 5.10 Å². The molecule has 2 aromatic heterocycles. The normalized spacial score (nSPS) is 19.9. The Labute approximate surface area is 208 Å². The van der Waals surface area contributed by atoms with Crippen molar-refractivity contribution < 1.29 is 18.3 Å². The first-order valence-corrected chi connectivity index (χ1v) is 12.2. The van der Waals surface area contributed by atoms with Crippen molar-refractivity contribution in [3.63, 3.8) is 0 Å². The van der Waals surface area contributed by atoms with Crippen LogP contribution in [0.4, 0.5) is 14.6 Å². The number of rotatable bonds is 5. The van der Waals surface area contributed by atoms with Gasteiger partial charge >= 0.3 is 0 Å². The molecule has 1 atom stereocenters. The zero-order valence-electron chi connectivity index (χ0n) is 20.6. The molecule has 0 radical (unpaired) electrons. The summed E-state index contributed by atoms with van der Waals surface area (Å²) in [5.74, 6) is -1.29. The van der Waals surface area contributed by atoms with E-state index >= 15 is 0 Å². The highest BCUT2D eigenvalue weighted by Gasteiger charge is 2.45. The minimum atomic E-state index is -0.674. The summed E-state index contributed by atoms with van der Waals surface area (Å²) in [7, 11) is 0. The van der Waals surface area contributed by atoms with Gasteiger partial charge in [0.25, 0.3) is 0 Å². The molecule has 1 N–H and O–H groups in total. The van der Waals surface area contributed by atoms with Crippen LogP contribution in [0, 0.1) is 23.0 Å². The molecule has 3 aromatic rings. The van der Waals surface area contributed by atoms with Crippen LogP contribution in [0.25, 0.3) is 11.3 Å². The van der Waals surface area contributed by atoms with E-state index in [0.29, 0.717) is 37.6 Å². The number of nitrogens with zero attached hydrogens (tertiary/aromatic N) is 4. The number of benzene rings is 1. The zero-order chi connectivity index (χ0) is 25.5. The molecule has 2 aliphatic rings. The standard InChI is InChI=1S/C27H29F2N5O2/c1-26(2,3)15-27(21-11-30-12-22(31-21)32-25(35)17-13-36-14-17)9-5-6-16-10-20(33-34-24(16)27)23-18(28)7-4-8-19(23)29/h4,7-8,10-12,17H,5-6,9,13-15H2,1-3H3,(H,31,32,35)/t27-/m0/s1. The predicted molar refractivity (Wildman–Crippen MR) is 130 cm³/mol. The summed E-state index contributed by atoms with van der Waals surface area (Å²) < 4.78 is 34.1. The van der Waals surface area contributed by atoms with Crippen LogP contribution in [0.3, 0.4) is 0 Å². The highest BCUT2D eigenvalue weighted by atomic mass is 19.1. The number of halogens is 2. The van der Waals surface area contributed by atoms with Crippen LogP contribution in [-0.2, 0) is 21.4 Å². The molecule has 1 fully saturated rings. The number of aromatic nitrogens is 4. The molecule has 7 nitrogen and oxygen atoms in total. The van der Waals surface area contributed by atoms with Gasteiger partial charge in [0.1, 0.15) is 11.6 Å². The summed E-state index contributed by atoms with van der Waals surface area (Å²) in [6.07, 6.45) is 6.27. The van der Waals surface area contributed by atoms with Crippen molar-refractivity contribution in [2.75, 3.05) is 18.5 Å². The zero-order valence-corrected chi connectivity index (χ0v) is 20.6. The summed E-state index contributed by atoms with van der Waals surface area (Å²) in [5.41, 5.74) is 1.61. The Balaban J connectivity index is 1.59. The van der Waals surface area contributed by atoms with E-state index in [2.05, 4.69) is 41.3 Å². The summed E-state index contributed by atoms with van der Waals surface area (Å²) in [6, 6.07) is 5.51. The third kappa shape index (κ3) is 4.59. The summed E-state index contributed by atoms with van der Waals surface area (Å²) in [5, 5.41) is 11.7. The third-order valence-corrected chi connectivity index (χ3v) is 6.81. The molecular weight excluding hydrogens is 464 g/mol. The van der Waals surface area contributed by atoms with Crippen molar-refractivity contribution in [3.05, 3.63) is 65.2 Å². The molecule has 188 valence electrons. The monoisotopic (exact) mass is 493 g/mol. The van der Waals surface area contributed by atoms with E-state index in [1.807, 2.05) is 0 Å². The third-order valence-electron chi connectivity index (χ3n) is 6.81. The lowest BCUT2D eigenvalue weighted by atomic mass is 9.63. The smallest absolute Gasteiger partial charge is 0.233 e. The number of fused-ring (bicyclic) bond motifs is 1. The van der Waals surface area contributed by atoms with Gasteiger partial charge in [-0.25, -0.2) is 13.8 Å². The maximum atomic E-state index is 14.5. The fourth-order valence-electron chi connectivity index (χ4n) is 5.28. The molecular formula is C27H29F2N5O2. The van der Waals surface area contributed by atoms with Gasteiger partial charge in [-0.05, 0) is 54.9 Å². The number of carbonyl (C=O) groups excluding carboxylic acids is 1. The minimum Gasteiger partial charge on any atom is -0.380 e. The van der Waals surface area contributed by atoms with Crippen molar-refractivity contribution in [1.82, 2.24) is 20.2 Å². The summed E-state index contributed by atoms with van der Waals surface area (Å²) >= 11 is 0. The first-order chi connectivity index (χ1) is 17.2. The van der Waals surface area contributed by atoms with Crippen LogP contribution in [0.2, 0.25) is 0 Å². The molecule has 36 heavy (non-hydrogen) atoms. The van der Waals surface area contributed by atoms with Crippen LogP contribution in [0.1, 0.15) is 57.0 Å². The van der Waals surface area contributed by atoms with E-state index < -0.39 is 17.0 Å². The van der Waals surface area contributed by atoms with Crippen LogP contribution in [0.15, 0.2) is 36.7 Å². The lowest BCUT2D eigenvalue weighted by Gasteiger charge is -2.41. The molecule has 9 heteroatoms. The van der Waals surface area contributed by atoms with Crippen LogP contribution in [0.5, 0.6) is 0 Å². The van der Waals surface area contributed by atoms with Gasteiger partial charge in [0, 0.05) is 6.20 Å². The Morgan fingerprint density at radius 3 is 2.58 bits per heavy atom. The number of hydrogen-bond acceptors (Lipinski definition) is 6. The number of anilines is 1. The molecule has 1 aromatic carbocycles.